The van der Waals surface area contributed by atoms with E-state index in [2.05, 4.69) is 15.1 Å². The van der Waals surface area contributed by atoms with E-state index in [0.717, 1.165) is 23.3 Å². The number of aromatic nitrogens is 1. The molecular formula is C27H28FN5O3S. The zero-order valence-electron chi connectivity index (χ0n) is 20.9. The summed E-state index contributed by atoms with van der Waals surface area (Å²) in [6, 6.07) is 9.42. The highest BCUT2D eigenvalue weighted by Crippen LogP contribution is 2.41. The van der Waals surface area contributed by atoms with E-state index in [0.29, 0.717) is 34.9 Å². The Morgan fingerprint density at radius 1 is 1.24 bits per heavy atom. The molecule has 3 N–H and O–H groups in total. The third-order valence-electron chi connectivity index (χ3n) is 5.79. The molecule has 0 spiro atoms. The lowest BCUT2D eigenvalue weighted by atomic mass is 10.0. The molecule has 0 unspecified atom stereocenters. The quantitative estimate of drug-likeness (QED) is 0.418. The van der Waals surface area contributed by atoms with Crippen molar-refractivity contribution in [2.45, 2.75) is 45.3 Å². The van der Waals surface area contributed by atoms with Crippen molar-refractivity contribution >= 4 is 34.8 Å². The molecule has 8 nitrogen and oxygen atoms in total. The molecule has 2 amide bonds. The molecule has 2 aromatic heterocycles. The van der Waals surface area contributed by atoms with Crippen LogP contribution in [0, 0.1) is 12.4 Å². The van der Waals surface area contributed by atoms with Gasteiger partial charge in [0.25, 0.3) is 5.91 Å². The van der Waals surface area contributed by atoms with Gasteiger partial charge < -0.3 is 20.7 Å². The first-order chi connectivity index (χ1) is 17.5. The summed E-state index contributed by atoms with van der Waals surface area (Å²) in [5.74, 6) is -0.473. The molecule has 3 heterocycles. The Hall–Kier alpha value is -3.97. The maximum atomic E-state index is 14.5. The van der Waals surface area contributed by atoms with Crippen LogP contribution in [-0.2, 0) is 4.74 Å². The average Bonchev–Trinajstić information content (AvgIpc) is 3.28. The molecule has 10 heteroatoms. The minimum atomic E-state index is -0.626. The fourth-order valence-corrected chi connectivity index (χ4v) is 5.33. The van der Waals surface area contributed by atoms with E-state index in [-0.39, 0.29) is 17.6 Å². The van der Waals surface area contributed by atoms with E-state index in [1.54, 1.807) is 56.1 Å². The van der Waals surface area contributed by atoms with Crippen molar-refractivity contribution < 1.29 is 18.7 Å². The van der Waals surface area contributed by atoms with Gasteiger partial charge in [0, 0.05) is 35.8 Å². The minimum absolute atomic E-state index is 0.0677. The highest BCUT2D eigenvalue weighted by molar-refractivity contribution is 7.18. The van der Waals surface area contributed by atoms with Gasteiger partial charge in [-0.05, 0) is 69.0 Å². The lowest BCUT2D eigenvalue weighted by Gasteiger charge is -2.33. The number of benzene rings is 1. The van der Waals surface area contributed by atoms with Crippen LogP contribution in [0.4, 0.5) is 20.7 Å². The zero-order valence-corrected chi connectivity index (χ0v) is 21.7. The standard InChI is InChI=1S/C27H28FN5O3S/c1-27(2,3)36-26(35)32-18-6-5-11-33(15-18)25(34)22-14-19(16-7-8-21(30-4)20(28)12-16)24(37-22)17-9-10-31-23(29)13-17/h7-10,12-14,18H,5-6,11,15H2,1-3H3,(H2,29,31)(H,32,35)/t18-/m1/s1. The lowest BCUT2D eigenvalue weighted by molar-refractivity contribution is 0.0453. The first kappa shape index (κ1) is 26.1. The monoisotopic (exact) mass is 521 g/mol. The van der Waals surface area contributed by atoms with E-state index in [9.17, 15) is 14.0 Å². The summed E-state index contributed by atoms with van der Waals surface area (Å²) in [6.45, 7) is 13.4. The highest BCUT2D eigenvalue weighted by Gasteiger charge is 2.29. The molecule has 0 bridgehead atoms. The molecule has 1 aliphatic heterocycles. The van der Waals surface area contributed by atoms with E-state index in [4.69, 9.17) is 17.0 Å². The molecule has 1 atom stereocenters. The number of pyridine rings is 1. The van der Waals surface area contributed by atoms with Gasteiger partial charge in [-0.2, -0.15) is 0 Å². The number of nitrogens with zero attached hydrogens (tertiary/aromatic N) is 3. The number of hydrogen-bond acceptors (Lipinski definition) is 6. The zero-order chi connectivity index (χ0) is 26.7. The van der Waals surface area contributed by atoms with Crippen LogP contribution in [0.3, 0.4) is 0 Å². The molecule has 0 saturated carbocycles. The summed E-state index contributed by atoms with van der Waals surface area (Å²) in [5.41, 5.74) is 7.19. The Bertz CT molecular complexity index is 1380. The second-order valence-corrected chi connectivity index (χ2v) is 10.9. The molecule has 192 valence electrons. The SMILES string of the molecule is [C-]#[N+]c1ccc(-c2cc(C(=O)N3CCC[C@@H](NC(=O)OC(C)(C)C)C3)sc2-c2ccnc(N)c2)cc1F. The van der Waals surface area contributed by atoms with E-state index in [1.807, 2.05) is 0 Å². The number of carbonyl (C=O) groups is 2. The van der Waals surface area contributed by atoms with Gasteiger partial charge in [0.05, 0.1) is 11.4 Å². The Morgan fingerprint density at radius 3 is 2.70 bits per heavy atom. The second kappa shape index (κ2) is 10.6. The van der Waals surface area contributed by atoms with Crippen LogP contribution in [0.1, 0.15) is 43.3 Å². The predicted molar refractivity (Wildman–Crippen MR) is 142 cm³/mol. The van der Waals surface area contributed by atoms with Gasteiger partial charge in [-0.15, -0.1) is 11.3 Å². The first-order valence-corrected chi connectivity index (χ1v) is 12.7. The molecule has 3 aromatic rings. The van der Waals surface area contributed by atoms with Crippen molar-refractivity contribution in [2.24, 2.45) is 0 Å². The van der Waals surface area contributed by atoms with Crippen molar-refractivity contribution in [1.29, 1.82) is 0 Å². The number of alkyl carbamates (subject to hydrolysis) is 1. The molecule has 1 saturated heterocycles. The molecule has 0 aliphatic carbocycles. The van der Waals surface area contributed by atoms with Crippen LogP contribution in [0.15, 0.2) is 42.6 Å². The van der Waals surface area contributed by atoms with Gasteiger partial charge in [0.2, 0.25) is 5.69 Å². The Kier molecular flexibility index (Phi) is 7.45. The summed E-state index contributed by atoms with van der Waals surface area (Å²) < 4.78 is 19.8. The van der Waals surface area contributed by atoms with Gasteiger partial charge in [-0.1, -0.05) is 12.1 Å². The molecule has 4 rings (SSSR count). The number of likely N-dealkylation sites (tertiary alicyclic amines) is 1. The summed E-state index contributed by atoms with van der Waals surface area (Å²) in [6.07, 6.45) is 2.55. The third-order valence-corrected chi connectivity index (χ3v) is 6.97. The summed E-state index contributed by atoms with van der Waals surface area (Å²) in [4.78, 5) is 36.0. The van der Waals surface area contributed by atoms with Gasteiger partial charge >= 0.3 is 6.09 Å². The first-order valence-electron chi connectivity index (χ1n) is 11.9. The number of nitrogens with one attached hydrogen (secondary N) is 1. The van der Waals surface area contributed by atoms with Gasteiger partial charge in [0.1, 0.15) is 17.2 Å². The van der Waals surface area contributed by atoms with Crippen LogP contribution < -0.4 is 11.1 Å². The molecular weight excluding hydrogens is 493 g/mol. The van der Waals surface area contributed by atoms with Crippen LogP contribution in [0.25, 0.3) is 26.4 Å². The van der Waals surface area contributed by atoms with E-state index in [1.165, 1.54) is 23.5 Å². The fraction of sp³-hybridized carbons (Fsp3) is 0.333. The van der Waals surface area contributed by atoms with Crippen molar-refractivity contribution in [2.75, 3.05) is 18.8 Å². The molecule has 0 radical (unpaired) electrons. The number of halogens is 1. The minimum Gasteiger partial charge on any atom is -0.444 e. The van der Waals surface area contributed by atoms with Crippen molar-refractivity contribution in [3.05, 3.63) is 64.7 Å². The number of anilines is 1. The third kappa shape index (κ3) is 6.24. The van der Waals surface area contributed by atoms with Crippen molar-refractivity contribution in [3.63, 3.8) is 0 Å². The van der Waals surface area contributed by atoms with Gasteiger partial charge in [-0.3, -0.25) is 4.79 Å². The van der Waals surface area contributed by atoms with Crippen LogP contribution in [0.5, 0.6) is 0 Å². The maximum Gasteiger partial charge on any atom is 0.407 e. The number of amides is 2. The van der Waals surface area contributed by atoms with Crippen molar-refractivity contribution in [3.8, 4) is 21.6 Å². The lowest BCUT2D eigenvalue weighted by Crippen LogP contribution is -2.50. The molecule has 1 aliphatic rings. The number of ether oxygens (including phenoxy) is 1. The molecule has 1 aromatic carbocycles. The summed E-state index contributed by atoms with van der Waals surface area (Å²) >= 11 is 1.29. The van der Waals surface area contributed by atoms with Gasteiger partial charge in [0.15, 0.2) is 0 Å². The number of piperidine rings is 1. The number of nitrogen functional groups attached to an aromatic ring is 1. The van der Waals surface area contributed by atoms with Crippen molar-refractivity contribution in [1.82, 2.24) is 15.2 Å². The number of thiophene rings is 1. The Balaban J connectivity index is 1.63. The Morgan fingerprint density at radius 2 is 2.03 bits per heavy atom. The summed E-state index contributed by atoms with van der Waals surface area (Å²) in [5, 5.41) is 2.86. The topological polar surface area (TPSA) is 102 Å². The highest BCUT2D eigenvalue weighted by atomic mass is 32.1. The second-order valence-electron chi connectivity index (χ2n) is 9.84. The Labute approximate surface area is 219 Å². The molecule has 37 heavy (non-hydrogen) atoms. The smallest absolute Gasteiger partial charge is 0.407 e. The van der Waals surface area contributed by atoms with Crippen LogP contribution in [0.2, 0.25) is 0 Å². The maximum absolute atomic E-state index is 14.5. The normalized spacial score (nSPS) is 15.6. The van der Waals surface area contributed by atoms with Crippen LogP contribution in [-0.4, -0.2) is 46.6 Å². The number of nitrogens with two attached hydrogens (primary N) is 1. The number of rotatable bonds is 4. The fourth-order valence-electron chi connectivity index (χ4n) is 4.19. The van der Waals surface area contributed by atoms with Gasteiger partial charge in [-0.25, -0.2) is 19.0 Å². The predicted octanol–water partition coefficient (Wildman–Crippen LogP) is 5.88. The number of hydrogen-bond donors (Lipinski definition) is 2. The largest absolute Gasteiger partial charge is 0.444 e. The average molecular weight is 522 g/mol. The van der Waals surface area contributed by atoms with E-state index < -0.39 is 17.5 Å². The van der Waals surface area contributed by atoms with Crippen LogP contribution >= 0.6 is 11.3 Å². The van der Waals surface area contributed by atoms with E-state index >= 15 is 0 Å². The molecule has 1 fully saturated rings. The number of carbonyl (C=O) groups excluding carboxylic acids is 2. The summed E-state index contributed by atoms with van der Waals surface area (Å²) in [7, 11) is 0.